The van der Waals surface area contributed by atoms with Crippen LogP contribution in [0.1, 0.15) is 4.88 Å². The highest BCUT2D eigenvalue weighted by atomic mass is 32.2. The average Bonchev–Trinajstić information content (AvgIpc) is 2.94. The summed E-state index contributed by atoms with van der Waals surface area (Å²) in [5.41, 5.74) is 0. The molecule has 2 atom stereocenters. The standard InChI is InChI=1S/C12H8S4/c1-3-13-9-5-11(15-7(1)9)12-6-10-8(16-12)2-4-14-10/h1-7,9H. The van der Waals surface area contributed by atoms with Crippen molar-refractivity contribution < 1.29 is 0 Å². The zero-order valence-electron chi connectivity index (χ0n) is 8.25. The van der Waals surface area contributed by atoms with Crippen LogP contribution < -0.4 is 0 Å². The topological polar surface area (TPSA) is 0 Å². The maximum absolute atomic E-state index is 2.44. The number of fused-ring (bicyclic) bond motifs is 2. The van der Waals surface area contributed by atoms with Crippen LogP contribution in [0.5, 0.6) is 0 Å². The molecule has 0 saturated carbocycles. The SMILES string of the molecule is C1=CC2SC(c3cc4sccc4s3)=CC2S1. The summed E-state index contributed by atoms with van der Waals surface area (Å²) >= 11 is 7.74. The third-order valence-corrected chi connectivity index (χ3v) is 7.61. The second-order valence-corrected chi connectivity index (χ2v) is 8.14. The van der Waals surface area contributed by atoms with E-state index in [1.54, 1.807) is 0 Å². The fourth-order valence-corrected chi connectivity index (χ4v) is 6.81. The van der Waals surface area contributed by atoms with Gasteiger partial charge in [-0.1, -0.05) is 12.2 Å². The number of hydrogen-bond donors (Lipinski definition) is 0. The highest BCUT2D eigenvalue weighted by Crippen LogP contribution is 2.50. The van der Waals surface area contributed by atoms with Gasteiger partial charge in [-0.25, -0.2) is 0 Å². The maximum atomic E-state index is 2.44. The van der Waals surface area contributed by atoms with Gasteiger partial charge in [0.05, 0.1) is 0 Å². The summed E-state index contributed by atoms with van der Waals surface area (Å²) in [7, 11) is 0. The molecule has 2 aromatic heterocycles. The molecule has 0 nitrogen and oxygen atoms in total. The van der Waals surface area contributed by atoms with Gasteiger partial charge in [0.25, 0.3) is 0 Å². The number of rotatable bonds is 1. The van der Waals surface area contributed by atoms with Crippen LogP contribution in [-0.4, -0.2) is 10.5 Å². The van der Waals surface area contributed by atoms with Crippen LogP contribution in [0, 0.1) is 0 Å². The Kier molecular flexibility index (Phi) is 2.25. The zero-order valence-corrected chi connectivity index (χ0v) is 11.5. The molecule has 0 amide bonds. The molecule has 2 unspecified atom stereocenters. The third-order valence-electron chi connectivity index (χ3n) is 2.79. The fourth-order valence-electron chi connectivity index (χ4n) is 2.00. The fraction of sp³-hybridized carbons (Fsp3) is 0.167. The first-order valence-corrected chi connectivity index (χ1v) is 8.60. The Balaban J connectivity index is 1.74. The predicted octanol–water partition coefficient (Wildman–Crippen LogP) is 5.05. The second-order valence-electron chi connectivity index (χ2n) is 3.80. The van der Waals surface area contributed by atoms with Gasteiger partial charge in [-0.2, -0.15) is 0 Å². The van der Waals surface area contributed by atoms with Crippen molar-refractivity contribution in [1.82, 2.24) is 0 Å². The molecule has 4 heterocycles. The Hall–Kier alpha value is -0.160. The van der Waals surface area contributed by atoms with Crippen LogP contribution in [0.4, 0.5) is 0 Å². The molecule has 0 saturated heterocycles. The molecule has 2 aromatic rings. The maximum Gasteiger partial charge on any atom is 0.0457 e. The minimum atomic E-state index is 0.681. The molecule has 0 fully saturated rings. The van der Waals surface area contributed by atoms with Gasteiger partial charge in [0.1, 0.15) is 0 Å². The Morgan fingerprint density at radius 1 is 1.12 bits per heavy atom. The molecule has 2 aliphatic rings. The molecule has 16 heavy (non-hydrogen) atoms. The molecule has 0 aromatic carbocycles. The van der Waals surface area contributed by atoms with E-state index < -0.39 is 0 Å². The second kappa shape index (κ2) is 3.67. The van der Waals surface area contributed by atoms with Gasteiger partial charge in [-0.05, 0) is 22.9 Å². The molecule has 0 bridgehead atoms. The van der Waals surface area contributed by atoms with E-state index in [9.17, 15) is 0 Å². The van der Waals surface area contributed by atoms with Gasteiger partial charge in [0.15, 0.2) is 0 Å². The summed E-state index contributed by atoms with van der Waals surface area (Å²) in [5.74, 6) is 0. The number of thioether (sulfide) groups is 2. The molecule has 0 aliphatic carbocycles. The molecular formula is C12H8S4. The summed E-state index contributed by atoms with van der Waals surface area (Å²) in [6.45, 7) is 0. The van der Waals surface area contributed by atoms with Gasteiger partial charge < -0.3 is 0 Å². The summed E-state index contributed by atoms with van der Waals surface area (Å²) in [4.78, 5) is 2.94. The minimum Gasteiger partial charge on any atom is -0.143 e. The van der Waals surface area contributed by atoms with Gasteiger partial charge in [0, 0.05) is 29.7 Å². The van der Waals surface area contributed by atoms with E-state index in [1.807, 2.05) is 46.2 Å². The highest BCUT2D eigenvalue weighted by Gasteiger charge is 2.30. The first-order chi connectivity index (χ1) is 7.90. The van der Waals surface area contributed by atoms with Crippen LogP contribution in [0.25, 0.3) is 14.3 Å². The first-order valence-electron chi connectivity index (χ1n) is 5.08. The Morgan fingerprint density at radius 2 is 2.12 bits per heavy atom. The van der Waals surface area contributed by atoms with Crippen LogP contribution >= 0.6 is 46.2 Å². The van der Waals surface area contributed by atoms with Crippen molar-refractivity contribution in [2.45, 2.75) is 10.5 Å². The Labute approximate surface area is 110 Å². The molecule has 0 radical (unpaired) electrons. The van der Waals surface area contributed by atoms with E-state index in [0.29, 0.717) is 10.5 Å². The minimum absolute atomic E-state index is 0.681. The van der Waals surface area contributed by atoms with E-state index in [2.05, 4.69) is 35.1 Å². The van der Waals surface area contributed by atoms with Crippen molar-refractivity contribution in [1.29, 1.82) is 0 Å². The first kappa shape index (κ1) is 9.83. The molecule has 0 N–H and O–H groups in total. The normalized spacial score (nSPS) is 27.6. The lowest BCUT2D eigenvalue weighted by Gasteiger charge is -2.03. The summed E-state index contributed by atoms with van der Waals surface area (Å²) < 4.78 is 2.86. The number of thiophene rings is 2. The van der Waals surface area contributed by atoms with Crippen molar-refractivity contribution in [3.63, 3.8) is 0 Å². The van der Waals surface area contributed by atoms with Gasteiger partial charge in [0.2, 0.25) is 0 Å². The molecule has 0 spiro atoms. The van der Waals surface area contributed by atoms with Crippen molar-refractivity contribution >= 4 is 60.5 Å². The van der Waals surface area contributed by atoms with Crippen molar-refractivity contribution in [2.75, 3.05) is 0 Å². The number of hydrogen-bond acceptors (Lipinski definition) is 4. The van der Waals surface area contributed by atoms with Gasteiger partial charge in [-0.3, -0.25) is 0 Å². The van der Waals surface area contributed by atoms with Crippen molar-refractivity contribution in [2.24, 2.45) is 0 Å². The lowest BCUT2D eigenvalue weighted by Crippen LogP contribution is -2.04. The van der Waals surface area contributed by atoms with Gasteiger partial charge >= 0.3 is 0 Å². The summed E-state index contributed by atoms with van der Waals surface area (Å²) in [5, 5.41) is 5.78. The van der Waals surface area contributed by atoms with E-state index in [1.165, 1.54) is 19.2 Å². The summed E-state index contributed by atoms with van der Waals surface area (Å²) in [6.07, 6.45) is 4.77. The van der Waals surface area contributed by atoms with Crippen LogP contribution in [0.2, 0.25) is 0 Å². The molecule has 2 aliphatic heterocycles. The van der Waals surface area contributed by atoms with Crippen LogP contribution in [0.3, 0.4) is 0 Å². The Bertz CT molecular complexity index is 573. The zero-order chi connectivity index (χ0) is 10.5. The predicted molar refractivity (Wildman–Crippen MR) is 79.6 cm³/mol. The molecule has 4 rings (SSSR count). The lowest BCUT2D eigenvalue weighted by molar-refractivity contribution is 1.14. The Morgan fingerprint density at radius 3 is 3.00 bits per heavy atom. The van der Waals surface area contributed by atoms with Gasteiger partial charge in [-0.15, -0.1) is 46.2 Å². The molecule has 4 heteroatoms. The quantitative estimate of drug-likeness (QED) is 0.717. The largest absolute Gasteiger partial charge is 0.143 e. The molecular weight excluding hydrogens is 272 g/mol. The highest BCUT2D eigenvalue weighted by molar-refractivity contribution is 8.12. The van der Waals surface area contributed by atoms with E-state index >= 15 is 0 Å². The van der Waals surface area contributed by atoms with E-state index in [4.69, 9.17) is 0 Å². The lowest BCUT2D eigenvalue weighted by atomic mass is 10.2. The molecule has 80 valence electrons. The van der Waals surface area contributed by atoms with Crippen LogP contribution in [-0.2, 0) is 0 Å². The van der Waals surface area contributed by atoms with Crippen LogP contribution in [0.15, 0.2) is 35.1 Å². The van der Waals surface area contributed by atoms with Crippen molar-refractivity contribution in [3.8, 4) is 0 Å². The monoisotopic (exact) mass is 280 g/mol. The average molecular weight is 280 g/mol. The smallest absolute Gasteiger partial charge is 0.0457 e. The summed E-state index contributed by atoms with van der Waals surface area (Å²) in [6, 6.07) is 4.57. The van der Waals surface area contributed by atoms with E-state index in [0.717, 1.165) is 0 Å². The third kappa shape index (κ3) is 1.44. The van der Waals surface area contributed by atoms with Crippen molar-refractivity contribution in [3.05, 3.63) is 40.0 Å². The van der Waals surface area contributed by atoms with E-state index in [-0.39, 0.29) is 0 Å².